The molecule has 2 aromatic rings. The molecule has 0 spiro atoms. The highest BCUT2D eigenvalue weighted by Crippen LogP contribution is 2.21. The quantitative estimate of drug-likeness (QED) is 0.918. The zero-order chi connectivity index (χ0) is 13.9. The van der Waals surface area contributed by atoms with Crippen molar-refractivity contribution in [1.29, 1.82) is 0 Å². The molecule has 1 heterocycles. The molecule has 0 unspecified atom stereocenters. The number of aromatic nitrogens is 2. The van der Waals surface area contributed by atoms with Gasteiger partial charge >= 0.3 is 0 Å². The van der Waals surface area contributed by atoms with E-state index in [0.29, 0.717) is 6.54 Å². The highest BCUT2D eigenvalue weighted by molar-refractivity contribution is 5.58. The summed E-state index contributed by atoms with van der Waals surface area (Å²) in [6.07, 6.45) is 2.45. The van der Waals surface area contributed by atoms with Crippen LogP contribution in [0.1, 0.15) is 19.7 Å². The molecule has 4 heteroatoms. The van der Waals surface area contributed by atoms with Crippen molar-refractivity contribution >= 4 is 0 Å². The van der Waals surface area contributed by atoms with Gasteiger partial charge in [0.1, 0.15) is 11.6 Å². The summed E-state index contributed by atoms with van der Waals surface area (Å²) in [7, 11) is 0. The van der Waals surface area contributed by atoms with Gasteiger partial charge in [-0.25, -0.2) is 14.4 Å². The van der Waals surface area contributed by atoms with E-state index in [1.165, 1.54) is 12.1 Å². The minimum absolute atomic E-state index is 0.0264. The van der Waals surface area contributed by atoms with Gasteiger partial charge in [0.2, 0.25) is 0 Å². The van der Waals surface area contributed by atoms with Gasteiger partial charge in [-0.3, -0.25) is 0 Å². The van der Waals surface area contributed by atoms with Gasteiger partial charge < -0.3 is 5.73 Å². The van der Waals surface area contributed by atoms with Crippen molar-refractivity contribution in [3.05, 3.63) is 48.2 Å². The van der Waals surface area contributed by atoms with Crippen LogP contribution in [0.2, 0.25) is 0 Å². The van der Waals surface area contributed by atoms with Crippen molar-refractivity contribution in [1.82, 2.24) is 9.97 Å². The van der Waals surface area contributed by atoms with Crippen molar-refractivity contribution in [2.75, 3.05) is 6.54 Å². The molecule has 0 saturated heterocycles. The van der Waals surface area contributed by atoms with E-state index in [-0.39, 0.29) is 11.2 Å². The van der Waals surface area contributed by atoms with Gasteiger partial charge in [-0.15, -0.1) is 0 Å². The van der Waals surface area contributed by atoms with E-state index in [9.17, 15) is 4.39 Å². The van der Waals surface area contributed by atoms with Gasteiger partial charge in [0.15, 0.2) is 0 Å². The molecular weight excluding hydrogens is 241 g/mol. The van der Waals surface area contributed by atoms with E-state index in [1.54, 1.807) is 18.3 Å². The normalized spacial score (nSPS) is 11.6. The summed E-state index contributed by atoms with van der Waals surface area (Å²) in [5, 5.41) is 0. The molecule has 3 nitrogen and oxygen atoms in total. The number of hydrogen-bond acceptors (Lipinski definition) is 3. The zero-order valence-corrected chi connectivity index (χ0v) is 11.2. The minimum atomic E-state index is -0.248. The van der Waals surface area contributed by atoms with Crippen molar-refractivity contribution in [2.45, 2.75) is 20.3 Å². The predicted octanol–water partition coefficient (Wildman–Crippen LogP) is 2.81. The fourth-order valence-electron chi connectivity index (χ4n) is 1.77. The van der Waals surface area contributed by atoms with Crippen LogP contribution in [0, 0.1) is 11.2 Å². The first kappa shape index (κ1) is 13.6. The largest absolute Gasteiger partial charge is 0.330 e. The van der Waals surface area contributed by atoms with Crippen molar-refractivity contribution < 1.29 is 4.39 Å². The maximum Gasteiger partial charge on any atom is 0.129 e. The third-order valence-electron chi connectivity index (χ3n) is 3.03. The van der Waals surface area contributed by atoms with Crippen molar-refractivity contribution in [3.63, 3.8) is 0 Å². The Morgan fingerprint density at radius 2 is 1.84 bits per heavy atom. The summed E-state index contributed by atoms with van der Waals surface area (Å²) in [5.74, 6) is 0.513. The van der Waals surface area contributed by atoms with Gasteiger partial charge in [0, 0.05) is 18.2 Å². The number of rotatable bonds is 4. The minimum Gasteiger partial charge on any atom is -0.330 e. The van der Waals surface area contributed by atoms with Gasteiger partial charge in [-0.2, -0.15) is 0 Å². The lowest BCUT2D eigenvalue weighted by Crippen LogP contribution is -2.26. The molecule has 0 atom stereocenters. The Labute approximate surface area is 112 Å². The van der Waals surface area contributed by atoms with Crippen LogP contribution in [0.15, 0.2) is 36.5 Å². The Morgan fingerprint density at radius 1 is 1.16 bits per heavy atom. The molecule has 0 fully saturated rings. The summed E-state index contributed by atoms with van der Waals surface area (Å²) in [6, 6.07) is 8.12. The number of halogens is 1. The molecule has 19 heavy (non-hydrogen) atoms. The molecule has 0 aliphatic heterocycles. The molecule has 2 N–H and O–H groups in total. The Balaban J connectivity index is 2.27. The highest BCUT2D eigenvalue weighted by Gasteiger charge is 2.18. The molecule has 0 aliphatic carbocycles. The maximum absolute atomic E-state index is 12.9. The first-order valence-electron chi connectivity index (χ1n) is 6.28. The Morgan fingerprint density at radius 3 is 2.47 bits per heavy atom. The second-order valence-electron chi connectivity index (χ2n) is 5.41. The van der Waals surface area contributed by atoms with Crippen LogP contribution >= 0.6 is 0 Å². The summed E-state index contributed by atoms with van der Waals surface area (Å²) < 4.78 is 12.9. The molecule has 0 saturated carbocycles. The second kappa shape index (κ2) is 5.45. The van der Waals surface area contributed by atoms with Gasteiger partial charge in [0.05, 0.1) is 5.69 Å². The number of nitrogens with two attached hydrogens (primary N) is 1. The molecule has 0 radical (unpaired) electrons. The molecule has 0 aliphatic rings. The number of nitrogens with zero attached hydrogens (tertiary/aromatic N) is 2. The van der Waals surface area contributed by atoms with E-state index in [2.05, 4.69) is 23.8 Å². The standard InChI is InChI=1S/C15H18FN3/c1-15(2,10-17)9-14-18-8-7-13(19-14)11-3-5-12(16)6-4-11/h3-8H,9-10,17H2,1-2H3. The first-order chi connectivity index (χ1) is 9.00. The fourth-order valence-corrected chi connectivity index (χ4v) is 1.77. The summed E-state index contributed by atoms with van der Waals surface area (Å²) in [5.41, 5.74) is 7.38. The van der Waals surface area contributed by atoms with Crippen LogP contribution in [0.4, 0.5) is 4.39 Å². The number of hydrogen-bond donors (Lipinski definition) is 1. The summed E-state index contributed by atoms with van der Waals surface area (Å²) in [6.45, 7) is 4.75. The highest BCUT2D eigenvalue weighted by atomic mass is 19.1. The zero-order valence-electron chi connectivity index (χ0n) is 11.2. The first-order valence-corrected chi connectivity index (χ1v) is 6.28. The maximum atomic E-state index is 12.9. The third kappa shape index (κ3) is 3.58. The van der Waals surface area contributed by atoms with Crippen LogP contribution in [-0.4, -0.2) is 16.5 Å². The molecule has 2 rings (SSSR count). The van der Waals surface area contributed by atoms with E-state index in [0.717, 1.165) is 23.5 Å². The fraction of sp³-hybridized carbons (Fsp3) is 0.333. The average molecular weight is 259 g/mol. The monoisotopic (exact) mass is 259 g/mol. The van der Waals surface area contributed by atoms with Crippen LogP contribution in [-0.2, 0) is 6.42 Å². The van der Waals surface area contributed by atoms with E-state index < -0.39 is 0 Å². The lowest BCUT2D eigenvalue weighted by Gasteiger charge is -2.21. The van der Waals surface area contributed by atoms with E-state index in [1.807, 2.05) is 6.07 Å². The van der Waals surface area contributed by atoms with Crippen LogP contribution < -0.4 is 5.73 Å². The summed E-state index contributed by atoms with van der Waals surface area (Å²) >= 11 is 0. The van der Waals surface area contributed by atoms with E-state index in [4.69, 9.17) is 5.73 Å². The van der Waals surface area contributed by atoms with Crippen molar-refractivity contribution in [3.8, 4) is 11.3 Å². The Bertz CT molecular complexity index is 550. The van der Waals surface area contributed by atoms with E-state index >= 15 is 0 Å². The van der Waals surface area contributed by atoms with Crippen LogP contribution in [0.25, 0.3) is 11.3 Å². The topological polar surface area (TPSA) is 51.8 Å². The number of benzene rings is 1. The lowest BCUT2D eigenvalue weighted by atomic mass is 9.89. The molecular formula is C15H18FN3. The van der Waals surface area contributed by atoms with Gasteiger partial charge in [-0.05, 0) is 42.3 Å². The summed E-state index contributed by atoms with van der Waals surface area (Å²) in [4.78, 5) is 8.79. The SMILES string of the molecule is CC(C)(CN)Cc1nccc(-c2ccc(F)cc2)n1. The molecule has 0 amide bonds. The smallest absolute Gasteiger partial charge is 0.129 e. The molecule has 1 aromatic carbocycles. The van der Waals surface area contributed by atoms with Crippen LogP contribution in [0.5, 0.6) is 0 Å². The van der Waals surface area contributed by atoms with Crippen LogP contribution in [0.3, 0.4) is 0 Å². The lowest BCUT2D eigenvalue weighted by molar-refractivity contribution is 0.368. The Hall–Kier alpha value is -1.81. The predicted molar refractivity (Wildman–Crippen MR) is 74.0 cm³/mol. The van der Waals surface area contributed by atoms with Gasteiger partial charge in [-0.1, -0.05) is 13.8 Å². The molecule has 1 aromatic heterocycles. The molecule has 100 valence electrons. The third-order valence-corrected chi connectivity index (χ3v) is 3.03. The van der Waals surface area contributed by atoms with Crippen molar-refractivity contribution in [2.24, 2.45) is 11.1 Å². The Kier molecular flexibility index (Phi) is 3.90. The molecule has 0 bridgehead atoms. The second-order valence-corrected chi connectivity index (χ2v) is 5.41. The average Bonchev–Trinajstić information content (AvgIpc) is 2.39. The van der Waals surface area contributed by atoms with Gasteiger partial charge in [0.25, 0.3) is 0 Å².